The first-order valence-electron chi connectivity index (χ1n) is 9.98. The molecule has 0 radical (unpaired) electrons. The minimum atomic E-state index is -1.16. The van der Waals surface area contributed by atoms with Crippen LogP contribution in [-0.4, -0.2) is 47.7 Å². The van der Waals surface area contributed by atoms with Crippen LogP contribution >= 0.6 is 0 Å². The summed E-state index contributed by atoms with van der Waals surface area (Å²) in [4.78, 5) is 10.7. The van der Waals surface area contributed by atoms with E-state index in [1.807, 2.05) is 19.9 Å². The van der Waals surface area contributed by atoms with E-state index >= 15 is 0 Å². The van der Waals surface area contributed by atoms with Crippen molar-refractivity contribution in [1.82, 2.24) is 0 Å². The Balaban J connectivity index is 2.60. The highest BCUT2D eigenvalue weighted by Crippen LogP contribution is 2.45. The van der Waals surface area contributed by atoms with E-state index in [1.165, 1.54) is 25.3 Å². The van der Waals surface area contributed by atoms with Gasteiger partial charge in [-0.25, -0.2) is 4.39 Å². The standard InChI is InChI=1S/C24H29FO6/c1-14(2)20-13-21(30-3)24(31-4)23(15-5-7-16(25)8-6-15)19(20)10-9-17(26)11-18(27)12-22(28)29/h5-10,13-14,17-18,26-27H,11-12H2,1-4H3,(H,28,29)/b10-9+. The minimum absolute atomic E-state index is 0.0911. The number of carboxylic acid groups (broad SMARTS) is 1. The lowest BCUT2D eigenvalue weighted by molar-refractivity contribution is -0.139. The number of aliphatic carboxylic acids is 1. The predicted molar refractivity (Wildman–Crippen MR) is 117 cm³/mol. The number of ether oxygens (including phenoxy) is 2. The van der Waals surface area contributed by atoms with Crippen LogP contribution in [0.3, 0.4) is 0 Å². The molecule has 2 unspecified atom stereocenters. The average Bonchev–Trinajstić information content (AvgIpc) is 2.70. The smallest absolute Gasteiger partial charge is 0.305 e. The number of carbonyl (C=O) groups is 1. The number of halogens is 1. The van der Waals surface area contributed by atoms with Gasteiger partial charge in [0.25, 0.3) is 0 Å². The van der Waals surface area contributed by atoms with Crippen LogP contribution in [0.5, 0.6) is 11.5 Å². The van der Waals surface area contributed by atoms with Gasteiger partial charge in [-0.3, -0.25) is 4.79 Å². The van der Waals surface area contributed by atoms with Crippen molar-refractivity contribution in [2.45, 2.75) is 44.8 Å². The third-order valence-electron chi connectivity index (χ3n) is 4.91. The highest BCUT2D eigenvalue weighted by molar-refractivity contribution is 5.85. The summed E-state index contributed by atoms with van der Waals surface area (Å²) in [5.41, 5.74) is 3.07. The molecule has 0 saturated carbocycles. The normalized spacial score (nSPS) is 13.4. The molecule has 0 amide bonds. The fourth-order valence-corrected chi connectivity index (χ4v) is 3.44. The largest absolute Gasteiger partial charge is 0.493 e. The highest BCUT2D eigenvalue weighted by atomic mass is 19.1. The van der Waals surface area contributed by atoms with Gasteiger partial charge in [-0.15, -0.1) is 0 Å². The molecule has 3 N–H and O–H groups in total. The third-order valence-corrected chi connectivity index (χ3v) is 4.91. The quantitative estimate of drug-likeness (QED) is 0.520. The SMILES string of the molecule is COc1cc(C(C)C)c(/C=C/C(O)CC(O)CC(=O)O)c(-c2ccc(F)cc2)c1OC. The Morgan fingerprint density at radius 3 is 2.29 bits per heavy atom. The number of methoxy groups -OCH3 is 2. The first-order valence-corrected chi connectivity index (χ1v) is 9.98. The van der Waals surface area contributed by atoms with Crippen molar-refractivity contribution in [3.63, 3.8) is 0 Å². The van der Waals surface area contributed by atoms with Crippen LogP contribution in [-0.2, 0) is 4.79 Å². The number of hydrogen-bond donors (Lipinski definition) is 3. The number of hydrogen-bond acceptors (Lipinski definition) is 5. The molecule has 0 aliphatic carbocycles. The summed E-state index contributed by atoms with van der Waals surface area (Å²) in [5.74, 6) is -0.411. The summed E-state index contributed by atoms with van der Waals surface area (Å²) in [5, 5.41) is 28.9. The van der Waals surface area contributed by atoms with Crippen LogP contribution in [0.25, 0.3) is 17.2 Å². The molecule has 0 fully saturated rings. The van der Waals surface area contributed by atoms with Crippen LogP contribution in [0, 0.1) is 5.82 Å². The molecular formula is C24H29FO6. The molecule has 7 heteroatoms. The lowest BCUT2D eigenvalue weighted by atomic mass is 9.88. The number of rotatable bonds is 10. The van der Waals surface area contributed by atoms with Crippen molar-refractivity contribution in [1.29, 1.82) is 0 Å². The van der Waals surface area contributed by atoms with E-state index in [0.29, 0.717) is 22.6 Å². The van der Waals surface area contributed by atoms with E-state index < -0.39 is 24.6 Å². The summed E-state index contributed by atoms with van der Waals surface area (Å²) in [6.07, 6.45) is 0.449. The highest BCUT2D eigenvalue weighted by Gasteiger charge is 2.22. The van der Waals surface area contributed by atoms with Gasteiger partial charge in [-0.2, -0.15) is 0 Å². The molecule has 2 rings (SSSR count). The topological polar surface area (TPSA) is 96.2 Å². The Labute approximate surface area is 181 Å². The molecule has 2 aromatic carbocycles. The fourth-order valence-electron chi connectivity index (χ4n) is 3.44. The van der Waals surface area contributed by atoms with Gasteiger partial charge in [0, 0.05) is 12.0 Å². The molecule has 6 nitrogen and oxygen atoms in total. The van der Waals surface area contributed by atoms with Gasteiger partial charge in [0.2, 0.25) is 0 Å². The van der Waals surface area contributed by atoms with Crippen LogP contribution in [0.4, 0.5) is 4.39 Å². The van der Waals surface area contributed by atoms with E-state index in [1.54, 1.807) is 25.3 Å². The van der Waals surface area contributed by atoms with E-state index in [9.17, 15) is 19.4 Å². The maximum atomic E-state index is 13.5. The van der Waals surface area contributed by atoms with Gasteiger partial charge in [0.15, 0.2) is 11.5 Å². The molecule has 2 aromatic rings. The zero-order valence-electron chi connectivity index (χ0n) is 18.1. The Morgan fingerprint density at radius 1 is 1.13 bits per heavy atom. The number of aliphatic hydroxyl groups excluding tert-OH is 2. The molecule has 0 spiro atoms. The van der Waals surface area contributed by atoms with Crippen molar-refractivity contribution in [2.24, 2.45) is 0 Å². The molecule has 0 aromatic heterocycles. The number of aliphatic hydroxyl groups is 2. The van der Waals surface area contributed by atoms with Gasteiger partial charge in [-0.1, -0.05) is 38.1 Å². The summed E-state index contributed by atoms with van der Waals surface area (Å²) < 4.78 is 24.7. The maximum absolute atomic E-state index is 13.5. The lowest BCUT2D eigenvalue weighted by Crippen LogP contribution is -2.19. The first-order chi connectivity index (χ1) is 14.7. The van der Waals surface area contributed by atoms with Crippen molar-refractivity contribution < 1.29 is 34.0 Å². The second kappa shape index (κ2) is 10.9. The van der Waals surface area contributed by atoms with E-state index in [0.717, 1.165) is 11.1 Å². The first kappa shape index (κ1) is 24.4. The van der Waals surface area contributed by atoms with E-state index in [2.05, 4.69) is 0 Å². The fraction of sp³-hybridized carbons (Fsp3) is 0.375. The lowest BCUT2D eigenvalue weighted by Gasteiger charge is -2.21. The van der Waals surface area contributed by atoms with Crippen molar-refractivity contribution in [3.8, 4) is 22.6 Å². The molecule has 0 aliphatic rings. The van der Waals surface area contributed by atoms with Gasteiger partial charge in [-0.05, 0) is 40.8 Å². The predicted octanol–water partition coefficient (Wildman–Crippen LogP) is 4.23. The average molecular weight is 432 g/mol. The molecule has 0 saturated heterocycles. The molecule has 0 aliphatic heterocycles. The second-order valence-corrected chi connectivity index (χ2v) is 7.57. The molecule has 2 atom stereocenters. The van der Waals surface area contributed by atoms with Crippen LogP contribution in [0.15, 0.2) is 36.4 Å². The molecule has 0 bridgehead atoms. The Bertz CT molecular complexity index is 921. The maximum Gasteiger partial charge on any atom is 0.305 e. The van der Waals surface area contributed by atoms with Gasteiger partial charge in [0.05, 0.1) is 32.8 Å². The van der Waals surface area contributed by atoms with Gasteiger partial charge >= 0.3 is 5.97 Å². The summed E-state index contributed by atoms with van der Waals surface area (Å²) in [6, 6.07) is 7.85. The van der Waals surface area contributed by atoms with E-state index in [-0.39, 0.29) is 18.2 Å². The molecular weight excluding hydrogens is 403 g/mol. The summed E-state index contributed by atoms with van der Waals surface area (Å²) in [6.45, 7) is 4.03. The summed E-state index contributed by atoms with van der Waals surface area (Å²) >= 11 is 0. The monoisotopic (exact) mass is 432 g/mol. The molecule has 31 heavy (non-hydrogen) atoms. The number of carboxylic acids is 1. The Morgan fingerprint density at radius 2 is 1.77 bits per heavy atom. The van der Waals surface area contributed by atoms with Crippen molar-refractivity contribution in [2.75, 3.05) is 14.2 Å². The Kier molecular flexibility index (Phi) is 8.59. The van der Waals surface area contributed by atoms with E-state index in [4.69, 9.17) is 14.6 Å². The van der Waals surface area contributed by atoms with Gasteiger partial charge in [0.1, 0.15) is 5.82 Å². The minimum Gasteiger partial charge on any atom is -0.493 e. The molecule has 0 heterocycles. The second-order valence-electron chi connectivity index (χ2n) is 7.57. The third kappa shape index (κ3) is 6.29. The van der Waals surface area contributed by atoms with Crippen LogP contribution < -0.4 is 9.47 Å². The zero-order chi connectivity index (χ0) is 23.1. The Hall–Kier alpha value is -2.90. The van der Waals surface area contributed by atoms with Crippen LogP contribution in [0.1, 0.15) is 43.7 Å². The molecule has 168 valence electrons. The van der Waals surface area contributed by atoms with Crippen molar-refractivity contribution >= 4 is 12.0 Å². The van der Waals surface area contributed by atoms with Crippen LogP contribution in [0.2, 0.25) is 0 Å². The number of benzene rings is 2. The zero-order valence-corrected chi connectivity index (χ0v) is 18.1. The summed E-state index contributed by atoms with van der Waals surface area (Å²) in [7, 11) is 3.06. The van der Waals surface area contributed by atoms with Gasteiger partial charge < -0.3 is 24.8 Å². The van der Waals surface area contributed by atoms with Crippen molar-refractivity contribution in [3.05, 3.63) is 53.4 Å².